The Bertz CT molecular complexity index is 507. The van der Waals surface area contributed by atoms with Gasteiger partial charge < -0.3 is 10.5 Å². The summed E-state index contributed by atoms with van der Waals surface area (Å²) in [5.41, 5.74) is 5.01. The number of halogens is 1. The van der Waals surface area contributed by atoms with Gasteiger partial charge in [-0.15, -0.1) is 0 Å². The fraction of sp³-hybridized carbons (Fsp3) is 0.429. The molecule has 0 fully saturated rings. The largest absolute Gasteiger partial charge is 0.462 e. The number of nitriles is 1. The Morgan fingerprint density at radius 1 is 1.53 bits per heavy atom. The van der Waals surface area contributed by atoms with E-state index in [0.717, 1.165) is 6.07 Å². The highest BCUT2D eigenvalue weighted by Gasteiger charge is 2.16. The van der Waals surface area contributed by atoms with E-state index in [9.17, 15) is 9.18 Å². The Kier molecular flexibility index (Phi) is 4.87. The summed E-state index contributed by atoms with van der Waals surface area (Å²) in [7, 11) is 0. The van der Waals surface area contributed by atoms with Gasteiger partial charge in [-0.05, 0) is 44.9 Å². The Labute approximate surface area is 112 Å². The van der Waals surface area contributed by atoms with E-state index in [1.807, 2.05) is 13.8 Å². The van der Waals surface area contributed by atoms with Gasteiger partial charge in [0.1, 0.15) is 5.82 Å². The van der Waals surface area contributed by atoms with E-state index in [2.05, 4.69) is 6.07 Å². The normalized spacial score (nSPS) is 10.8. The molecule has 2 N–H and O–H groups in total. The summed E-state index contributed by atoms with van der Waals surface area (Å²) in [6, 6.07) is 5.96. The first-order chi connectivity index (χ1) is 8.85. The second-order valence-electron chi connectivity index (χ2n) is 4.97. The Morgan fingerprint density at radius 2 is 2.21 bits per heavy atom. The van der Waals surface area contributed by atoms with Gasteiger partial charge in [-0.2, -0.15) is 5.26 Å². The fourth-order valence-electron chi connectivity index (χ4n) is 1.47. The highest BCUT2D eigenvalue weighted by Crippen LogP contribution is 2.20. The summed E-state index contributed by atoms with van der Waals surface area (Å²) >= 11 is 0. The van der Waals surface area contributed by atoms with Gasteiger partial charge >= 0.3 is 5.97 Å². The molecule has 0 aromatic heterocycles. The number of nitrogen functional groups attached to an aromatic ring is 1. The molecule has 0 saturated heterocycles. The second kappa shape index (κ2) is 6.19. The van der Waals surface area contributed by atoms with E-state index in [1.54, 1.807) is 0 Å². The van der Waals surface area contributed by atoms with Crippen LogP contribution in [0.5, 0.6) is 0 Å². The first-order valence-corrected chi connectivity index (χ1v) is 5.99. The number of rotatable bonds is 5. The van der Waals surface area contributed by atoms with E-state index < -0.39 is 17.2 Å². The van der Waals surface area contributed by atoms with E-state index in [-0.39, 0.29) is 17.9 Å². The molecule has 0 heterocycles. The predicted molar refractivity (Wildman–Crippen MR) is 69.7 cm³/mol. The highest BCUT2D eigenvalue weighted by molar-refractivity contribution is 5.89. The zero-order chi connectivity index (χ0) is 14.5. The molecule has 5 heteroatoms. The van der Waals surface area contributed by atoms with Crippen LogP contribution in [0.25, 0.3) is 0 Å². The van der Waals surface area contributed by atoms with E-state index in [0.29, 0.717) is 12.8 Å². The number of nitrogens with two attached hydrogens (primary N) is 1. The molecule has 0 amide bonds. The summed E-state index contributed by atoms with van der Waals surface area (Å²) in [6.07, 6.45) is 1.22. The number of benzene rings is 1. The van der Waals surface area contributed by atoms with Crippen molar-refractivity contribution < 1.29 is 13.9 Å². The lowest BCUT2D eigenvalue weighted by atomic mass is 9.90. The van der Waals surface area contributed by atoms with E-state index in [4.69, 9.17) is 15.7 Å². The van der Waals surface area contributed by atoms with Crippen LogP contribution in [0.4, 0.5) is 10.1 Å². The quantitative estimate of drug-likeness (QED) is 0.504. The summed E-state index contributed by atoms with van der Waals surface area (Å²) in [6.45, 7) is 3.85. The highest BCUT2D eigenvalue weighted by atomic mass is 19.1. The molecule has 19 heavy (non-hydrogen) atoms. The molecule has 0 aliphatic rings. The van der Waals surface area contributed by atoms with Crippen molar-refractivity contribution in [2.75, 3.05) is 12.3 Å². The third-order valence-corrected chi connectivity index (χ3v) is 2.72. The molecule has 0 atom stereocenters. The SMILES string of the molecule is CC(C)(C#N)CCCOC(=O)c1ccc(N)c(F)c1. The molecule has 0 aliphatic carbocycles. The first kappa shape index (κ1) is 15.0. The average Bonchev–Trinajstić information content (AvgIpc) is 2.37. The van der Waals surface area contributed by atoms with Crippen LogP contribution < -0.4 is 5.73 Å². The van der Waals surface area contributed by atoms with Crippen molar-refractivity contribution >= 4 is 11.7 Å². The van der Waals surface area contributed by atoms with Gasteiger partial charge in [-0.1, -0.05) is 0 Å². The number of hydrogen-bond donors (Lipinski definition) is 1. The number of ether oxygens (including phenoxy) is 1. The predicted octanol–water partition coefficient (Wildman–Crippen LogP) is 2.89. The zero-order valence-electron chi connectivity index (χ0n) is 11.1. The van der Waals surface area contributed by atoms with Crippen molar-refractivity contribution in [1.29, 1.82) is 5.26 Å². The lowest BCUT2D eigenvalue weighted by Gasteiger charge is -2.14. The van der Waals surface area contributed by atoms with Crippen molar-refractivity contribution in [3.8, 4) is 6.07 Å². The van der Waals surface area contributed by atoms with Crippen LogP contribution in [0, 0.1) is 22.6 Å². The Hall–Kier alpha value is -2.09. The van der Waals surface area contributed by atoms with Crippen LogP contribution in [0.1, 0.15) is 37.0 Å². The van der Waals surface area contributed by atoms with Gasteiger partial charge in [0.05, 0.1) is 29.3 Å². The van der Waals surface area contributed by atoms with Crippen molar-refractivity contribution in [3.63, 3.8) is 0 Å². The van der Waals surface area contributed by atoms with Crippen LogP contribution in [0.15, 0.2) is 18.2 Å². The van der Waals surface area contributed by atoms with Crippen LogP contribution in [0.3, 0.4) is 0 Å². The van der Waals surface area contributed by atoms with Crippen molar-refractivity contribution in [2.45, 2.75) is 26.7 Å². The molecular formula is C14H17FN2O2. The Balaban J connectivity index is 2.44. The minimum atomic E-state index is -0.639. The summed E-state index contributed by atoms with van der Waals surface area (Å²) in [5.74, 6) is -1.23. The molecule has 102 valence electrons. The van der Waals surface area contributed by atoms with E-state index >= 15 is 0 Å². The van der Waals surface area contributed by atoms with E-state index in [1.165, 1.54) is 12.1 Å². The summed E-state index contributed by atoms with van der Waals surface area (Å²) in [4.78, 5) is 11.6. The molecule has 0 bridgehead atoms. The third kappa shape index (κ3) is 4.59. The van der Waals surface area contributed by atoms with Crippen molar-refractivity contribution in [1.82, 2.24) is 0 Å². The molecule has 0 saturated carbocycles. The smallest absolute Gasteiger partial charge is 0.338 e. The van der Waals surface area contributed by atoms with Gasteiger partial charge in [-0.3, -0.25) is 0 Å². The molecule has 4 nitrogen and oxygen atoms in total. The van der Waals surface area contributed by atoms with Gasteiger partial charge in [0, 0.05) is 0 Å². The van der Waals surface area contributed by atoms with Crippen molar-refractivity contribution in [2.24, 2.45) is 5.41 Å². The molecule has 0 unspecified atom stereocenters. The number of carbonyl (C=O) groups is 1. The maximum Gasteiger partial charge on any atom is 0.338 e. The minimum absolute atomic E-state index is 0.00711. The molecule has 0 aliphatic heterocycles. The lowest BCUT2D eigenvalue weighted by molar-refractivity contribution is 0.0490. The fourth-order valence-corrected chi connectivity index (χ4v) is 1.47. The summed E-state index contributed by atoms with van der Waals surface area (Å²) in [5, 5.41) is 8.83. The van der Waals surface area contributed by atoms with Crippen LogP contribution >= 0.6 is 0 Å². The second-order valence-corrected chi connectivity index (χ2v) is 4.97. The van der Waals surface area contributed by atoms with Gasteiger partial charge in [-0.25, -0.2) is 9.18 Å². The molecule has 1 aromatic rings. The topological polar surface area (TPSA) is 76.1 Å². The number of anilines is 1. The summed E-state index contributed by atoms with van der Waals surface area (Å²) < 4.78 is 18.2. The van der Waals surface area contributed by atoms with Crippen LogP contribution in [-0.4, -0.2) is 12.6 Å². The number of hydrogen-bond acceptors (Lipinski definition) is 4. The third-order valence-electron chi connectivity index (χ3n) is 2.72. The molecule has 1 rings (SSSR count). The minimum Gasteiger partial charge on any atom is -0.462 e. The van der Waals surface area contributed by atoms with Crippen LogP contribution in [0.2, 0.25) is 0 Å². The Morgan fingerprint density at radius 3 is 2.79 bits per heavy atom. The number of carbonyl (C=O) groups excluding carboxylic acids is 1. The monoisotopic (exact) mass is 264 g/mol. The molecule has 0 spiro atoms. The molecule has 1 aromatic carbocycles. The average molecular weight is 264 g/mol. The van der Waals surface area contributed by atoms with Crippen molar-refractivity contribution in [3.05, 3.63) is 29.6 Å². The lowest BCUT2D eigenvalue weighted by Crippen LogP contribution is -2.12. The van der Waals surface area contributed by atoms with Gasteiger partial charge in [0.15, 0.2) is 0 Å². The van der Waals surface area contributed by atoms with Gasteiger partial charge in [0.25, 0.3) is 0 Å². The standard InChI is InChI=1S/C14H17FN2O2/c1-14(2,9-16)6-3-7-19-13(18)10-4-5-12(17)11(15)8-10/h4-5,8H,3,6-7,17H2,1-2H3. The maximum atomic E-state index is 13.2. The zero-order valence-corrected chi connectivity index (χ0v) is 11.1. The first-order valence-electron chi connectivity index (χ1n) is 5.99. The number of esters is 1. The van der Waals surface area contributed by atoms with Gasteiger partial charge in [0.2, 0.25) is 0 Å². The molecular weight excluding hydrogens is 247 g/mol. The van der Waals surface area contributed by atoms with Crippen LogP contribution in [-0.2, 0) is 4.74 Å². The molecule has 0 radical (unpaired) electrons. The number of nitrogens with zero attached hydrogens (tertiary/aromatic N) is 1. The maximum absolute atomic E-state index is 13.2.